The maximum atomic E-state index is 14.2. The molecule has 1 aromatic heterocycles. The Bertz CT molecular complexity index is 1250. The molecule has 3 rings (SSSR count). The van der Waals surface area contributed by atoms with Gasteiger partial charge in [0, 0.05) is 19.2 Å². The Hall–Kier alpha value is -2.43. The van der Waals surface area contributed by atoms with E-state index in [1.54, 1.807) is 26.0 Å². The van der Waals surface area contributed by atoms with E-state index in [1.165, 1.54) is 23.1 Å². The first kappa shape index (κ1) is 26.2. The summed E-state index contributed by atoms with van der Waals surface area (Å²) < 4.78 is 52.9. The topological polar surface area (TPSA) is 70.6 Å². The standard InChI is InChI=1S/C24H29F2N3O3S2/c1-5-28(6-2)11-12-29(24-27-23-20(26)14-18(25)15-21(23)33-24)22(30)13-17-7-9-19(10-8-17)34(31,32)16(3)4/h7-10,14-16H,5-6,11-13H2,1-4H3. The Morgan fingerprint density at radius 2 is 1.71 bits per heavy atom. The second kappa shape index (κ2) is 10.9. The average molecular weight is 510 g/mol. The van der Waals surface area contributed by atoms with Crippen molar-refractivity contribution in [1.29, 1.82) is 0 Å². The van der Waals surface area contributed by atoms with Crippen LogP contribution in [0.5, 0.6) is 0 Å². The lowest BCUT2D eigenvalue weighted by Crippen LogP contribution is -2.39. The van der Waals surface area contributed by atoms with Gasteiger partial charge in [-0.3, -0.25) is 9.69 Å². The van der Waals surface area contributed by atoms with Crippen molar-refractivity contribution in [2.45, 2.75) is 44.3 Å². The highest BCUT2D eigenvalue weighted by atomic mass is 32.2. The molecule has 184 valence electrons. The molecule has 0 saturated carbocycles. The lowest BCUT2D eigenvalue weighted by Gasteiger charge is -2.24. The monoisotopic (exact) mass is 509 g/mol. The van der Waals surface area contributed by atoms with E-state index in [2.05, 4.69) is 9.88 Å². The fourth-order valence-electron chi connectivity index (χ4n) is 3.51. The van der Waals surface area contributed by atoms with E-state index in [0.29, 0.717) is 28.5 Å². The molecule has 0 unspecified atom stereocenters. The number of amides is 1. The molecule has 0 N–H and O–H groups in total. The summed E-state index contributed by atoms with van der Waals surface area (Å²) in [7, 11) is -3.40. The van der Waals surface area contributed by atoms with Gasteiger partial charge in [-0.2, -0.15) is 0 Å². The first-order chi connectivity index (χ1) is 16.1. The zero-order valence-corrected chi connectivity index (χ0v) is 21.3. The summed E-state index contributed by atoms with van der Waals surface area (Å²) in [5.41, 5.74) is 0.684. The maximum Gasteiger partial charge on any atom is 0.233 e. The fraction of sp³-hybridized carbons (Fsp3) is 0.417. The zero-order valence-electron chi connectivity index (χ0n) is 19.7. The summed E-state index contributed by atoms with van der Waals surface area (Å²) in [6.45, 7) is 9.84. The van der Waals surface area contributed by atoms with E-state index < -0.39 is 26.7 Å². The molecule has 1 amide bonds. The van der Waals surface area contributed by atoms with Gasteiger partial charge in [0.2, 0.25) is 5.91 Å². The van der Waals surface area contributed by atoms with Gasteiger partial charge >= 0.3 is 0 Å². The Morgan fingerprint density at radius 1 is 1.06 bits per heavy atom. The third kappa shape index (κ3) is 5.79. The summed E-state index contributed by atoms with van der Waals surface area (Å²) in [6.07, 6.45) is 0.0209. The SMILES string of the molecule is CCN(CC)CCN(C(=O)Cc1ccc(S(=O)(=O)C(C)C)cc1)c1nc2c(F)cc(F)cc2s1. The Kier molecular flexibility index (Phi) is 8.38. The van der Waals surface area contributed by atoms with E-state index >= 15 is 0 Å². The van der Waals surface area contributed by atoms with Gasteiger partial charge in [-0.15, -0.1) is 0 Å². The minimum absolute atomic E-state index is 0.0209. The normalized spacial score (nSPS) is 12.1. The zero-order chi connectivity index (χ0) is 25.0. The van der Waals surface area contributed by atoms with Crippen LogP contribution in [0.25, 0.3) is 10.2 Å². The minimum Gasteiger partial charge on any atom is -0.302 e. The molecule has 6 nitrogen and oxygen atoms in total. The minimum atomic E-state index is -3.40. The number of fused-ring (bicyclic) bond motifs is 1. The average Bonchev–Trinajstić information content (AvgIpc) is 3.21. The van der Waals surface area contributed by atoms with Crippen LogP contribution < -0.4 is 4.90 Å². The third-order valence-corrected chi connectivity index (χ3v) is 8.89. The summed E-state index contributed by atoms with van der Waals surface area (Å²) in [6, 6.07) is 8.26. The van der Waals surface area contributed by atoms with Crippen LogP contribution in [0.3, 0.4) is 0 Å². The first-order valence-corrected chi connectivity index (χ1v) is 13.5. The molecule has 2 aromatic carbocycles. The van der Waals surface area contributed by atoms with Crippen molar-refractivity contribution in [3.05, 3.63) is 53.6 Å². The summed E-state index contributed by atoms with van der Waals surface area (Å²) in [5, 5.41) is -0.240. The summed E-state index contributed by atoms with van der Waals surface area (Å²) in [4.78, 5) is 21.5. The molecule has 0 saturated heterocycles. The second-order valence-electron chi connectivity index (χ2n) is 8.22. The smallest absolute Gasteiger partial charge is 0.233 e. The molecule has 0 atom stereocenters. The number of halogens is 2. The number of carbonyl (C=O) groups excluding carboxylic acids is 1. The van der Waals surface area contributed by atoms with Crippen LogP contribution in [0.1, 0.15) is 33.3 Å². The first-order valence-electron chi connectivity index (χ1n) is 11.2. The van der Waals surface area contributed by atoms with E-state index in [9.17, 15) is 22.0 Å². The number of hydrogen-bond donors (Lipinski definition) is 0. The number of nitrogens with zero attached hydrogens (tertiary/aromatic N) is 3. The highest BCUT2D eigenvalue weighted by Crippen LogP contribution is 2.31. The van der Waals surface area contributed by atoms with Gasteiger partial charge in [0.15, 0.2) is 20.8 Å². The van der Waals surface area contributed by atoms with E-state index in [4.69, 9.17) is 0 Å². The maximum absolute atomic E-state index is 14.2. The van der Waals surface area contributed by atoms with E-state index in [1.807, 2.05) is 13.8 Å². The number of anilines is 1. The molecular formula is C24H29F2N3O3S2. The van der Waals surface area contributed by atoms with Crippen molar-refractivity contribution in [1.82, 2.24) is 9.88 Å². The van der Waals surface area contributed by atoms with Crippen LogP contribution in [0.4, 0.5) is 13.9 Å². The summed E-state index contributed by atoms with van der Waals surface area (Å²) >= 11 is 1.06. The van der Waals surface area contributed by atoms with E-state index in [-0.39, 0.29) is 22.7 Å². The molecular weight excluding hydrogens is 480 g/mol. The number of rotatable bonds is 10. The number of hydrogen-bond acceptors (Lipinski definition) is 6. The molecule has 0 aliphatic rings. The van der Waals surface area contributed by atoms with Gasteiger partial charge in [0.25, 0.3) is 0 Å². The molecule has 0 spiro atoms. The number of sulfone groups is 1. The van der Waals surface area contributed by atoms with Gasteiger partial charge in [0.05, 0.1) is 21.3 Å². The molecule has 0 fully saturated rings. The quantitative estimate of drug-likeness (QED) is 0.397. The van der Waals surface area contributed by atoms with Crippen LogP contribution in [-0.4, -0.2) is 55.6 Å². The van der Waals surface area contributed by atoms with Crippen molar-refractivity contribution in [2.24, 2.45) is 0 Å². The lowest BCUT2D eigenvalue weighted by molar-refractivity contribution is -0.118. The van der Waals surface area contributed by atoms with Gasteiger partial charge in [0.1, 0.15) is 11.3 Å². The predicted octanol–water partition coefficient (Wildman–Crippen LogP) is 4.67. The molecule has 10 heteroatoms. The number of likely N-dealkylation sites (N-methyl/N-ethyl adjacent to an activating group) is 1. The van der Waals surface area contributed by atoms with Gasteiger partial charge in [-0.25, -0.2) is 22.2 Å². The molecule has 0 radical (unpaired) electrons. The molecule has 0 aliphatic carbocycles. The van der Waals surface area contributed by atoms with Crippen molar-refractivity contribution in [3.63, 3.8) is 0 Å². The van der Waals surface area contributed by atoms with E-state index in [0.717, 1.165) is 30.5 Å². The molecule has 0 aliphatic heterocycles. The molecule has 3 aromatic rings. The second-order valence-corrected chi connectivity index (χ2v) is 11.7. The van der Waals surface area contributed by atoms with Crippen molar-refractivity contribution < 1.29 is 22.0 Å². The fourth-order valence-corrected chi connectivity index (χ4v) is 5.62. The van der Waals surface area contributed by atoms with Crippen molar-refractivity contribution in [2.75, 3.05) is 31.1 Å². The third-order valence-electron chi connectivity index (χ3n) is 5.70. The largest absolute Gasteiger partial charge is 0.302 e. The number of carbonyl (C=O) groups is 1. The van der Waals surface area contributed by atoms with Crippen LogP contribution in [0.15, 0.2) is 41.3 Å². The Balaban J connectivity index is 1.89. The molecule has 1 heterocycles. The number of aromatic nitrogens is 1. The number of benzene rings is 2. The van der Waals surface area contributed by atoms with Gasteiger partial charge in [-0.05, 0) is 50.7 Å². The van der Waals surface area contributed by atoms with Crippen molar-refractivity contribution >= 4 is 42.4 Å². The highest BCUT2D eigenvalue weighted by Gasteiger charge is 2.23. The van der Waals surface area contributed by atoms with Crippen LogP contribution in [0, 0.1) is 11.6 Å². The van der Waals surface area contributed by atoms with Gasteiger partial charge < -0.3 is 4.90 Å². The van der Waals surface area contributed by atoms with Crippen LogP contribution in [-0.2, 0) is 21.1 Å². The van der Waals surface area contributed by atoms with Gasteiger partial charge in [-0.1, -0.05) is 37.3 Å². The summed E-state index contributed by atoms with van der Waals surface area (Å²) in [5.74, 6) is -1.72. The predicted molar refractivity (Wildman–Crippen MR) is 132 cm³/mol. The number of thiazole rings is 1. The molecule has 34 heavy (non-hydrogen) atoms. The van der Waals surface area contributed by atoms with Crippen LogP contribution >= 0.6 is 11.3 Å². The lowest BCUT2D eigenvalue weighted by atomic mass is 10.1. The van der Waals surface area contributed by atoms with Crippen LogP contribution in [0.2, 0.25) is 0 Å². The highest BCUT2D eigenvalue weighted by molar-refractivity contribution is 7.92. The van der Waals surface area contributed by atoms with Crippen molar-refractivity contribution in [3.8, 4) is 0 Å². The Labute approximate surface area is 203 Å². The molecule has 0 bridgehead atoms. The Morgan fingerprint density at radius 3 is 2.29 bits per heavy atom.